The predicted molar refractivity (Wildman–Crippen MR) is 503 cm³/mol. The Kier molecular flexibility index (Phi) is 31.5. The summed E-state index contributed by atoms with van der Waals surface area (Å²) in [5, 5.41) is 33.3. The number of carboxylic acid groups (broad SMARTS) is 1. The average Bonchev–Trinajstić information content (AvgIpc) is 1.61. The van der Waals surface area contributed by atoms with Crippen LogP contribution in [0.3, 0.4) is 0 Å². The number of aromatic nitrogens is 14. The number of halogens is 11. The molecule has 20 aromatic rings. The largest absolute Gasteiger partial charge is 2.00 e. The van der Waals surface area contributed by atoms with Gasteiger partial charge < -0.3 is 44.6 Å². The molecule has 20 nitrogen and oxygen atoms in total. The van der Waals surface area contributed by atoms with Crippen LogP contribution in [0.2, 0.25) is 0 Å². The number of para-hydroxylation sites is 2. The van der Waals surface area contributed by atoms with E-state index in [1.165, 1.54) is 18.2 Å². The molecule has 6 aromatic carbocycles. The van der Waals surface area contributed by atoms with Crippen molar-refractivity contribution in [3.63, 3.8) is 0 Å². The molecule has 1 spiro atoms. The Morgan fingerprint density at radius 1 is 0.428 bits per heavy atom. The van der Waals surface area contributed by atoms with E-state index in [2.05, 4.69) is 173 Å². The van der Waals surface area contributed by atoms with Crippen LogP contribution in [-0.4, -0.2) is 92.4 Å². The van der Waals surface area contributed by atoms with Gasteiger partial charge in [-0.15, -0.1) is 60.8 Å². The Hall–Kier alpha value is -14.5. The Bertz CT molecular complexity index is 7950. The van der Waals surface area contributed by atoms with Crippen LogP contribution in [0.15, 0.2) is 294 Å². The zero-order chi connectivity index (χ0) is 98.2. The molecule has 0 amide bonds. The molecule has 1 aliphatic carbocycles. The van der Waals surface area contributed by atoms with Crippen molar-refractivity contribution in [3.8, 4) is 56.4 Å². The quantitative estimate of drug-likeness (QED) is 0.0267. The molecule has 0 radical (unpaired) electrons. The van der Waals surface area contributed by atoms with E-state index in [4.69, 9.17) is 39.5 Å². The van der Waals surface area contributed by atoms with Crippen molar-refractivity contribution in [2.45, 2.75) is 87.6 Å². The number of alkyl halides is 3. The summed E-state index contributed by atoms with van der Waals surface area (Å²) in [6.07, 6.45) is 4.85. The molecular weight excluding hydrogens is 2600 g/mol. The van der Waals surface area contributed by atoms with Crippen molar-refractivity contribution in [1.82, 2.24) is 69.4 Å². The van der Waals surface area contributed by atoms with Crippen molar-refractivity contribution >= 4 is 61.4 Å². The number of aromatic carboxylic acids is 1. The minimum Gasteiger partial charge on any atom is -0.516 e. The first-order chi connectivity index (χ1) is 68.0. The SMILES string of the molecule is CC(C)(c1cccc(C(=O)O)n1)c1cccc(-c2[c-]cc(F)nc2F)n1.CC(C)(c1cccc(N[C-]=CC(=N)C(F)(F)F)n1)c1cccc(-c2[c-]cc(F)nc2F)n1.Fc1nc(F)c2[c-]c1Cc1[c-]c(c(F)nc1F)-c1cccc(n1)C1(CCCC1)c1cccc-2n1.[Pt+2].[Pt+2].[Pt+2].[Pt].[c-]1cc2oc3ccccc3c2cc1-n1ccc(C(c2ccccc2)(c2ccccc2)c2ccn(-c3[c-]cc4oc5ccccc5c4c3)n2)n1. The molecule has 14 aromatic heterocycles. The third-order valence-electron chi connectivity index (χ3n) is 24.6. The number of fused-ring (bicyclic) bond motifs is 18. The third kappa shape index (κ3) is 21.3. The van der Waals surface area contributed by atoms with Gasteiger partial charge in [-0.3, -0.25) is 34.3 Å². The summed E-state index contributed by atoms with van der Waals surface area (Å²) in [6.45, 7) is 7.28. The van der Waals surface area contributed by atoms with Gasteiger partial charge in [0.05, 0.1) is 22.5 Å². The molecule has 0 saturated heterocycles. The molecule has 2 aliphatic rings. The van der Waals surface area contributed by atoms with E-state index in [1.54, 1.807) is 78.9 Å². The molecule has 1 aliphatic heterocycles. The van der Waals surface area contributed by atoms with Gasteiger partial charge in [-0.1, -0.05) is 233 Å². The zero-order valence-electron chi connectivity index (χ0n) is 76.0. The van der Waals surface area contributed by atoms with E-state index in [9.17, 15) is 53.1 Å². The smallest absolute Gasteiger partial charge is 0.516 e. The van der Waals surface area contributed by atoms with E-state index in [0.29, 0.717) is 40.2 Å². The van der Waals surface area contributed by atoms with Gasteiger partial charge in [0, 0.05) is 106 Å². The second kappa shape index (κ2) is 43.6. The molecule has 35 heteroatoms. The number of furan rings is 2. The minimum absolute atomic E-state index is 0. The van der Waals surface area contributed by atoms with Gasteiger partial charge in [0.1, 0.15) is 69.9 Å². The minimum atomic E-state index is -4.76. The molecule has 15 heterocycles. The number of carboxylic acids is 1. The Balaban J connectivity index is 0.000000148. The van der Waals surface area contributed by atoms with E-state index >= 15 is 0 Å². The number of carbonyl (C=O) groups is 1. The molecule has 3 N–H and O–H groups in total. The average molecular weight is 2670 g/mol. The fourth-order valence-corrected chi connectivity index (χ4v) is 17.4. The summed E-state index contributed by atoms with van der Waals surface area (Å²) in [4.78, 5) is 51.1. The van der Waals surface area contributed by atoms with Gasteiger partial charge in [-0.05, 0) is 159 Å². The summed E-state index contributed by atoms with van der Waals surface area (Å²) in [5.74, 6) is -9.33. The molecule has 1 fully saturated rings. The fraction of sp³-hybridized carbons (Fsp3) is 0.127. The topological polar surface area (TPSA) is 264 Å². The van der Waals surface area contributed by atoms with Crippen LogP contribution in [0.5, 0.6) is 0 Å². The van der Waals surface area contributed by atoms with Crippen LogP contribution in [0.4, 0.5) is 54.1 Å². The van der Waals surface area contributed by atoms with Crippen molar-refractivity contribution < 1.29 is 151 Å². The number of hydrogen-bond acceptors (Lipinski definition) is 17. The standard InChI is InChI=1S/C43H26N4O2.C26H16F4N4.C22H16F5N5.C19H14F2N3O2.4Pt/c1-3-11-29(12-4-1)43(30-13-5-2-6-14-30,41-23-25-46(44-41)31-19-21-39-35(27-31)33-15-7-9-17-37(33)48-39)42-24-26-47(45-42)32-20-22-40-36(28-32)34-16-8-10-18-38(34)49-40;27-22-14-11-15-13-17(25(30)34-23(15)28)19-6-4-8-21(32-19)26(9-1-2-10-26)20-7-3-5-18(31-20)16(12-14)24(29)33-22;1-21(2,16-6-3-5-14(30-16)13-9-10-18(23)32-20(13)24)17-7-4-8-19(31-17)29-12-11-15(28)22(25,26)27;1-19(2,15-8-4-6-13(23-15)18(25)26)14-7-3-5-12(22-14)11-9-10-16(20)24-17(11)21;;;;/h1-18,21-28H;3-8H,1-2,9-11H2;3-8,10-11,28H,1-2H3,(H,29,31);3-8,10H,1-2H3,(H,25,26);;;;/q3*-2;-1;;3*+2. The Labute approximate surface area is 878 Å². The predicted octanol–water partition coefficient (Wildman–Crippen LogP) is 24.2. The molecule has 22 rings (SSSR count). The number of benzene rings is 6. The van der Waals surface area contributed by atoms with Crippen molar-refractivity contribution in [2.75, 3.05) is 5.32 Å². The molecular formula is C110H72F11N16O4Pt4-. The maximum atomic E-state index is 14.7. The first-order valence-corrected chi connectivity index (χ1v) is 44.0. The maximum Gasteiger partial charge on any atom is 2.00 e. The van der Waals surface area contributed by atoms with Crippen molar-refractivity contribution in [1.29, 1.82) is 5.41 Å². The summed E-state index contributed by atoms with van der Waals surface area (Å²) < 4.78 is 166. The van der Waals surface area contributed by atoms with Crippen LogP contribution in [0.25, 0.3) is 100 Å². The molecule has 1 saturated carbocycles. The maximum absolute atomic E-state index is 14.7. The van der Waals surface area contributed by atoms with Gasteiger partial charge in [-0.25, -0.2) is 44.9 Å². The van der Waals surface area contributed by atoms with Crippen LogP contribution >= 0.6 is 0 Å². The number of rotatable bonds is 16. The number of allylic oxidation sites excluding steroid dienone is 1. The molecule has 8 bridgehead atoms. The Morgan fingerprint density at radius 2 is 0.828 bits per heavy atom. The van der Waals surface area contributed by atoms with Crippen LogP contribution in [-0.2, 0) is 112 Å². The number of hydrogen-bond donors (Lipinski definition) is 3. The van der Waals surface area contributed by atoms with E-state index in [-0.39, 0.29) is 152 Å². The summed E-state index contributed by atoms with van der Waals surface area (Å²) in [6, 6.07) is 98.1. The number of pyridine rings is 10. The molecule has 0 unspecified atom stereocenters. The van der Waals surface area contributed by atoms with Crippen LogP contribution in [0.1, 0.15) is 132 Å². The first kappa shape index (κ1) is 105. The Morgan fingerprint density at radius 3 is 1.27 bits per heavy atom. The second-order valence-electron chi connectivity index (χ2n) is 34.1. The van der Waals surface area contributed by atoms with Gasteiger partial charge >= 0.3 is 75.3 Å². The third-order valence-corrected chi connectivity index (χ3v) is 24.6. The van der Waals surface area contributed by atoms with Crippen LogP contribution in [0, 0.1) is 95.6 Å². The number of anilines is 1. The monoisotopic (exact) mass is 2670 g/mol. The van der Waals surface area contributed by atoms with E-state index in [1.807, 2.05) is 122 Å². The summed E-state index contributed by atoms with van der Waals surface area (Å²) in [7, 11) is 0. The summed E-state index contributed by atoms with van der Waals surface area (Å²) >= 11 is 0. The zero-order valence-corrected chi connectivity index (χ0v) is 85.1. The van der Waals surface area contributed by atoms with Gasteiger partial charge in [0.15, 0.2) is 0 Å². The van der Waals surface area contributed by atoms with Gasteiger partial charge in [-0.2, -0.15) is 35.5 Å². The van der Waals surface area contributed by atoms with Crippen LogP contribution < -0.4 is 5.32 Å². The van der Waals surface area contributed by atoms with Crippen molar-refractivity contribution in [2.24, 2.45) is 0 Å². The molecule has 145 heavy (non-hydrogen) atoms. The normalized spacial score (nSPS) is 12.5. The molecule has 734 valence electrons. The van der Waals surface area contributed by atoms with Crippen molar-refractivity contribution in [3.05, 3.63) is 449 Å². The van der Waals surface area contributed by atoms with E-state index in [0.717, 1.165) is 116 Å². The fourth-order valence-electron chi connectivity index (χ4n) is 17.4. The molecule has 0 atom stereocenters. The second-order valence-corrected chi connectivity index (χ2v) is 34.1. The van der Waals surface area contributed by atoms with Gasteiger partial charge in [0.25, 0.3) is 0 Å². The first-order valence-electron chi connectivity index (χ1n) is 44.0. The number of nitrogens with one attached hydrogen (secondary N) is 2. The number of nitrogens with zero attached hydrogens (tertiary/aromatic N) is 14. The summed E-state index contributed by atoms with van der Waals surface area (Å²) in [5.41, 5.74) is 7.73. The van der Waals surface area contributed by atoms with Gasteiger partial charge in [0.2, 0.25) is 0 Å². The van der Waals surface area contributed by atoms with E-state index < -0.39 is 93.5 Å².